The van der Waals surface area contributed by atoms with Gasteiger partial charge < -0.3 is 34.6 Å². The van der Waals surface area contributed by atoms with Crippen LogP contribution in [0.1, 0.15) is 68.2 Å². The van der Waals surface area contributed by atoms with Gasteiger partial charge in [-0.2, -0.15) is 8.78 Å². The number of nitrogens with zero attached hydrogens (tertiary/aromatic N) is 2. The maximum absolute atomic E-state index is 13.3. The van der Waals surface area contributed by atoms with Crippen LogP contribution < -0.4 is 20.5 Å². The van der Waals surface area contributed by atoms with Crippen molar-refractivity contribution in [2.45, 2.75) is 64.6 Å². The lowest BCUT2D eigenvalue weighted by atomic mass is 10.0. The van der Waals surface area contributed by atoms with Crippen molar-refractivity contribution in [1.82, 2.24) is 15.2 Å². The molecule has 2 fully saturated rings. The van der Waals surface area contributed by atoms with E-state index in [1.165, 1.54) is 25.3 Å². The lowest BCUT2D eigenvalue weighted by molar-refractivity contribution is -0.0515. The van der Waals surface area contributed by atoms with Gasteiger partial charge in [0.1, 0.15) is 0 Å². The quantitative estimate of drug-likeness (QED) is 0.369. The number of benzene rings is 1. The predicted molar refractivity (Wildman–Crippen MR) is 145 cm³/mol. The van der Waals surface area contributed by atoms with E-state index >= 15 is 0 Å². The minimum absolute atomic E-state index is 0. The molecule has 0 bridgehead atoms. The Bertz CT molecular complexity index is 1160. The number of likely N-dealkylation sites (tertiary alicyclic amines) is 1. The second kappa shape index (κ2) is 14.0. The SMILES string of the molecule is COC(=O)N1CCCCC1CNC(=O)c1nc(-c2ccc(OC(F)F)c(OCC3CC3)c2)oc1[C@@H](N)C(C)C.Cl. The number of alkyl halides is 2. The van der Waals surface area contributed by atoms with E-state index in [-0.39, 0.29) is 59.8 Å². The Kier molecular flexibility index (Phi) is 11.0. The number of hydrogen-bond donors (Lipinski definition) is 2. The molecule has 2 atom stereocenters. The van der Waals surface area contributed by atoms with Crippen molar-refractivity contribution in [3.05, 3.63) is 29.7 Å². The molecule has 0 radical (unpaired) electrons. The van der Waals surface area contributed by atoms with Gasteiger partial charge in [-0.1, -0.05) is 13.8 Å². The molecular weight excluding hydrogens is 550 g/mol. The number of nitrogens with one attached hydrogen (secondary N) is 1. The van der Waals surface area contributed by atoms with Gasteiger partial charge in [0.05, 0.1) is 25.8 Å². The molecule has 1 aliphatic carbocycles. The molecule has 3 N–H and O–H groups in total. The Hall–Kier alpha value is -3.12. The highest BCUT2D eigenvalue weighted by Gasteiger charge is 2.31. The third-order valence-corrected chi connectivity index (χ3v) is 7.00. The molecular formula is C27H37ClF2N4O6. The van der Waals surface area contributed by atoms with Crippen molar-refractivity contribution in [2.24, 2.45) is 17.6 Å². The van der Waals surface area contributed by atoms with Crippen LogP contribution in [0.25, 0.3) is 11.5 Å². The number of carbonyl (C=O) groups is 2. The van der Waals surface area contributed by atoms with E-state index in [4.69, 9.17) is 19.6 Å². The summed E-state index contributed by atoms with van der Waals surface area (Å²) in [4.78, 5) is 31.5. The monoisotopic (exact) mass is 586 g/mol. The Labute approximate surface area is 238 Å². The summed E-state index contributed by atoms with van der Waals surface area (Å²) >= 11 is 0. The highest BCUT2D eigenvalue weighted by Crippen LogP contribution is 2.37. The van der Waals surface area contributed by atoms with E-state index in [2.05, 4.69) is 15.0 Å². The van der Waals surface area contributed by atoms with Crippen molar-refractivity contribution in [3.63, 3.8) is 0 Å². The summed E-state index contributed by atoms with van der Waals surface area (Å²) < 4.78 is 47.2. The Morgan fingerprint density at radius 1 is 1.20 bits per heavy atom. The minimum Gasteiger partial charge on any atom is -0.489 e. The van der Waals surface area contributed by atoms with Gasteiger partial charge in [-0.15, -0.1) is 12.4 Å². The van der Waals surface area contributed by atoms with Crippen LogP contribution in [0.15, 0.2) is 22.6 Å². The highest BCUT2D eigenvalue weighted by atomic mass is 35.5. The van der Waals surface area contributed by atoms with Gasteiger partial charge in [-0.25, -0.2) is 9.78 Å². The van der Waals surface area contributed by atoms with Gasteiger partial charge in [0.2, 0.25) is 5.89 Å². The van der Waals surface area contributed by atoms with Gasteiger partial charge in [-0.05, 0) is 62.1 Å². The smallest absolute Gasteiger partial charge is 0.409 e. The largest absolute Gasteiger partial charge is 0.489 e. The second-order valence-electron chi connectivity index (χ2n) is 10.3. The molecule has 2 amide bonds. The number of rotatable bonds is 11. The summed E-state index contributed by atoms with van der Waals surface area (Å²) in [6.45, 7) is 1.93. The maximum atomic E-state index is 13.3. The van der Waals surface area contributed by atoms with E-state index in [0.29, 0.717) is 24.6 Å². The normalized spacial score (nSPS) is 17.8. The summed E-state index contributed by atoms with van der Waals surface area (Å²) in [5.41, 5.74) is 6.82. The van der Waals surface area contributed by atoms with Gasteiger partial charge >= 0.3 is 12.7 Å². The molecule has 10 nitrogen and oxygen atoms in total. The fourth-order valence-electron chi connectivity index (χ4n) is 4.45. The van der Waals surface area contributed by atoms with Crippen LogP contribution in [0.2, 0.25) is 0 Å². The standard InChI is InChI=1S/C27H36F2N4O6.ClH/c1-15(2)21(30)23-22(24(34)31-13-18-6-4-5-11-33(18)27(35)36-3)32-25(39-23)17-9-10-19(38-26(28)29)20(12-17)37-14-16-7-8-16;/h9-10,12,15-16,18,21,26H,4-8,11,13-14,30H2,1-3H3,(H,31,34);1H/t18?,21-;/m0./s1. The third kappa shape index (κ3) is 7.75. The molecule has 40 heavy (non-hydrogen) atoms. The van der Waals surface area contributed by atoms with Crippen molar-refractivity contribution >= 4 is 24.4 Å². The van der Waals surface area contributed by atoms with E-state index < -0.39 is 24.7 Å². The van der Waals surface area contributed by atoms with Crippen LogP contribution in [0.5, 0.6) is 11.5 Å². The molecule has 2 heterocycles. The minimum atomic E-state index is -3.01. The second-order valence-corrected chi connectivity index (χ2v) is 10.3. The zero-order chi connectivity index (χ0) is 28.1. The molecule has 1 aliphatic heterocycles. The molecule has 1 unspecified atom stereocenters. The molecule has 222 valence electrons. The van der Waals surface area contributed by atoms with E-state index in [1.54, 1.807) is 4.90 Å². The van der Waals surface area contributed by atoms with Gasteiger partial charge in [-0.3, -0.25) is 4.79 Å². The number of ether oxygens (including phenoxy) is 3. The number of hydrogen-bond acceptors (Lipinski definition) is 8. The first-order valence-corrected chi connectivity index (χ1v) is 13.3. The van der Waals surface area contributed by atoms with Crippen LogP contribution >= 0.6 is 12.4 Å². The molecule has 1 saturated carbocycles. The third-order valence-electron chi connectivity index (χ3n) is 7.00. The van der Waals surface area contributed by atoms with Crippen LogP contribution in [-0.2, 0) is 4.74 Å². The molecule has 2 aromatic rings. The summed E-state index contributed by atoms with van der Waals surface area (Å²) in [5.74, 6) is 0.179. The molecule has 1 aromatic heterocycles. The molecule has 13 heteroatoms. The van der Waals surface area contributed by atoms with Gasteiger partial charge in [0.25, 0.3) is 5.91 Å². The van der Waals surface area contributed by atoms with Crippen LogP contribution in [0.4, 0.5) is 13.6 Å². The van der Waals surface area contributed by atoms with Crippen molar-refractivity contribution in [3.8, 4) is 23.0 Å². The molecule has 1 aromatic carbocycles. The average Bonchev–Trinajstić information content (AvgIpc) is 3.65. The predicted octanol–water partition coefficient (Wildman–Crippen LogP) is 5.16. The Balaban J connectivity index is 0.00000441. The first-order valence-electron chi connectivity index (χ1n) is 13.3. The van der Waals surface area contributed by atoms with Gasteiger partial charge in [0, 0.05) is 18.7 Å². The van der Waals surface area contributed by atoms with E-state index in [0.717, 1.165) is 32.1 Å². The first kappa shape index (κ1) is 31.4. The molecule has 2 aliphatic rings. The fraction of sp³-hybridized carbons (Fsp3) is 0.593. The molecule has 4 rings (SSSR count). The summed E-state index contributed by atoms with van der Waals surface area (Å²) in [6, 6.07) is 3.54. The van der Waals surface area contributed by atoms with Crippen molar-refractivity contribution < 1.29 is 37.0 Å². The summed E-state index contributed by atoms with van der Waals surface area (Å²) in [5, 5.41) is 2.86. The maximum Gasteiger partial charge on any atom is 0.409 e. The number of carbonyl (C=O) groups excluding carboxylic acids is 2. The van der Waals surface area contributed by atoms with E-state index in [9.17, 15) is 18.4 Å². The number of oxazole rings is 1. The number of halogens is 3. The first-order chi connectivity index (χ1) is 18.7. The number of methoxy groups -OCH3 is 1. The topological polar surface area (TPSA) is 129 Å². The lowest BCUT2D eigenvalue weighted by Crippen LogP contribution is -2.49. The van der Waals surface area contributed by atoms with Gasteiger partial charge in [0.15, 0.2) is 23.0 Å². The zero-order valence-corrected chi connectivity index (χ0v) is 23.7. The number of piperidine rings is 1. The highest BCUT2D eigenvalue weighted by molar-refractivity contribution is 5.94. The van der Waals surface area contributed by atoms with Crippen LogP contribution in [0.3, 0.4) is 0 Å². The number of nitrogens with two attached hydrogens (primary N) is 1. The fourth-order valence-corrected chi connectivity index (χ4v) is 4.45. The van der Waals surface area contributed by atoms with Crippen LogP contribution in [0, 0.1) is 11.8 Å². The summed E-state index contributed by atoms with van der Waals surface area (Å²) in [7, 11) is 1.33. The summed E-state index contributed by atoms with van der Waals surface area (Å²) in [6.07, 6.45) is 4.15. The zero-order valence-electron chi connectivity index (χ0n) is 22.9. The number of amides is 2. The Morgan fingerprint density at radius 2 is 1.95 bits per heavy atom. The van der Waals surface area contributed by atoms with Crippen LogP contribution in [-0.4, -0.2) is 61.3 Å². The average molecular weight is 587 g/mol. The Morgan fingerprint density at radius 3 is 2.60 bits per heavy atom. The number of aromatic nitrogens is 1. The molecule has 1 saturated heterocycles. The van der Waals surface area contributed by atoms with E-state index in [1.807, 2.05) is 13.8 Å². The lowest BCUT2D eigenvalue weighted by Gasteiger charge is -2.34. The van der Waals surface area contributed by atoms with Crippen molar-refractivity contribution in [1.29, 1.82) is 0 Å². The van der Waals surface area contributed by atoms with Crippen molar-refractivity contribution in [2.75, 3.05) is 26.8 Å². The molecule has 0 spiro atoms.